The van der Waals surface area contributed by atoms with Gasteiger partial charge in [0.1, 0.15) is 11.5 Å². The molecule has 1 aromatic heterocycles. The number of furan rings is 1. The zero-order chi connectivity index (χ0) is 25.3. The van der Waals surface area contributed by atoms with Crippen LogP contribution in [-0.4, -0.2) is 23.4 Å². The minimum atomic E-state index is -0.499. The van der Waals surface area contributed by atoms with E-state index in [0.717, 1.165) is 9.37 Å². The van der Waals surface area contributed by atoms with Crippen molar-refractivity contribution < 1.29 is 18.8 Å². The predicted octanol–water partition coefficient (Wildman–Crippen LogP) is 6.43. The third kappa shape index (κ3) is 7.07. The Morgan fingerprint density at radius 2 is 1.56 bits per heavy atom. The van der Waals surface area contributed by atoms with Gasteiger partial charge >= 0.3 is 0 Å². The van der Waals surface area contributed by atoms with Gasteiger partial charge < -0.3 is 15.1 Å². The average molecular weight is 561 g/mol. The molecule has 0 saturated heterocycles. The number of thioether (sulfide) groups is 1. The lowest BCUT2D eigenvalue weighted by atomic mass is 10.2. The largest absolute Gasteiger partial charge is 0.465 e. The number of anilines is 1. The highest BCUT2D eigenvalue weighted by atomic mass is 79.9. The molecule has 2 N–H and O–H groups in total. The number of benzene rings is 3. The van der Waals surface area contributed by atoms with E-state index in [9.17, 15) is 14.4 Å². The molecule has 8 heteroatoms. The van der Waals surface area contributed by atoms with Crippen LogP contribution in [0.15, 0.2) is 117 Å². The molecule has 0 saturated carbocycles. The van der Waals surface area contributed by atoms with E-state index in [-0.39, 0.29) is 11.5 Å². The van der Waals surface area contributed by atoms with Crippen molar-refractivity contribution in [3.63, 3.8) is 0 Å². The van der Waals surface area contributed by atoms with Crippen molar-refractivity contribution in [2.24, 2.45) is 0 Å². The molecule has 0 aliphatic carbocycles. The molecular weight excluding hydrogens is 540 g/mol. The number of rotatable bonds is 9. The first-order valence-electron chi connectivity index (χ1n) is 10.9. The van der Waals surface area contributed by atoms with Crippen molar-refractivity contribution in [2.45, 2.75) is 4.90 Å². The molecule has 36 heavy (non-hydrogen) atoms. The molecule has 2 amide bonds. The molecular formula is C28H21BrN2O4S. The van der Waals surface area contributed by atoms with Gasteiger partial charge in [-0.05, 0) is 60.7 Å². The number of carbonyl (C=O) groups excluding carboxylic acids is 3. The Balaban J connectivity index is 1.40. The summed E-state index contributed by atoms with van der Waals surface area (Å²) in [5.41, 5.74) is 1.66. The van der Waals surface area contributed by atoms with E-state index >= 15 is 0 Å². The van der Waals surface area contributed by atoms with Crippen LogP contribution in [0.25, 0.3) is 6.08 Å². The number of carbonyl (C=O) groups is 3. The lowest BCUT2D eigenvalue weighted by Gasteiger charge is -2.11. The molecule has 6 nitrogen and oxygen atoms in total. The first kappa shape index (κ1) is 25.2. The molecule has 0 radical (unpaired) electrons. The smallest absolute Gasteiger partial charge is 0.272 e. The Morgan fingerprint density at radius 3 is 2.22 bits per heavy atom. The summed E-state index contributed by atoms with van der Waals surface area (Å²) in [4.78, 5) is 38.9. The van der Waals surface area contributed by atoms with Crippen LogP contribution >= 0.6 is 27.7 Å². The monoisotopic (exact) mass is 560 g/mol. The van der Waals surface area contributed by atoms with Crippen molar-refractivity contribution in [2.75, 3.05) is 11.1 Å². The minimum Gasteiger partial charge on any atom is -0.465 e. The maximum Gasteiger partial charge on any atom is 0.272 e. The normalized spacial score (nSPS) is 11.1. The van der Waals surface area contributed by atoms with Gasteiger partial charge in [-0.2, -0.15) is 0 Å². The number of hydrogen-bond acceptors (Lipinski definition) is 5. The number of halogens is 1. The topological polar surface area (TPSA) is 88.4 Å². The highest BCUT2D eigenvalue weighted by Crippen LogP contribution is 2.22. The first-order chi connectivity index (χ1) is 17.5. The van der Waals surface area contributed by atoms with Crippen LogP contribution < -0.4 is 10.6 Å². The van der Waals surface area contributed by atoms with Gasteiger partial charge in [-0.1, -0.05) is 46.3 Å². The molecule has 0 unspecified atom stereocenters. The second-order valence-electron chi connectivity index (χ2n) is 7.59. The lowest BCUT2D eigenvalue weighted by Crippen LogP contribution is -2.30. The molecule has 0 aliphatic heterocycles. The highest BCUT2D eigenvalue weighted by molar-refractivity contribution is 9.10. The van der Waals surface area contributed by atoms with E-state index in [2.05, 4.69) is 26.6 Å². The van der Waals surface area contributed by atoms with Gasteiger partial charge in [-0.25, -0.2) is 0 Å². The summed E-state index contributed by atoms with van der Waals surface area (Å²) in [7, 11) is 0. The van der Waals surface area contributed by atoms with Crippen molar-refractivity contribution >= 4 is 57.1 Å². The Morgan fingerprint density at radius 1 is 0.833 bits per heavy atom. The van der Waals surface area contributed by atoms with Crippen LogP contribution in [0.5, 0.6) is 0 Å². The van der Waals surface area contributed by atoms with Gasteiger partial charge in [0.15, 0.2) is 5.78 Å². The summed E-state index contributed by atoms with van der Waals surface area (Å²) in [5.74, 6) is -0.149. The van der Waals surface area contributed by atoms with Crippen LogP contribution in [0.1, 0.15) is 26.5 Å². The van der Waals surface area contributed by atoms with Crippen LogP contribution in [0.3, 0.4) is 0 Å². The summed E-state index contributed by atoms with van der Waals surface area (Å²) >= 11 is 4.78. The summed E-state index contributed by atoms with van der Waals surface area (Å²) in [6.07, 6.45) is 2.95. The number of Topliss-reactive ketones (excluding diaryl/α,β-unsaturated/α-hetero) is 1. The standard InChI is InChI=1S/C28H21BrN2O4S/c29-21-10-8-19(9-11-21)26(32)18-36-24-14-12-22(13-15-24)30-28(34)25(17-23-7-4-16-35-23)31-27(33)20-5-2-1-3-6-20/h1-17H,18H2,(H,30,34)(H,31,33)/b25-17-. The Bertz CT molecular complexity index is 1370. The zero-order valence-corrected chi connectivity index (χ0v) is 21.3. The van der Waals surface area contributed by atoms with E-state index in [0.29, 0.717) is 28.3 Å². The quantitative estimate of drug-likeness (QED) is 0.140. The molecule has 180 valence electrons. The molecule has 4 aromatic rings. The second kappa shape index (κ2) is 12.2. The van der Waals surface area contributed by atoms with Crippen LogP contribution in [0.2, 0.25) is 0 Å². The highest BCUT2D eigenvalue weighted by Gasteiger charge is 2.16. The maximum atomic E-state index is 13.0. The Labute approximate surface area is 220 Å². The van der Waals surface area contributed by atoms with Crippen molar-refractivity contribution in [3.05, 3.63) is 124 Å². The number of nitrogens with one attached hydrogen (secondary N) is 2. The van der Waals surface area contributed by atoms with Crippen LogP contribution in [-0.2, 0) is 4.79 Å². The van der Waals surface area contributed by atoms with Gasteiger partial charge in [-0.15, -0.1) is 11.8 Å². The molecule has 0 atom stereocenters. The van der Waals surface area contributed by atoms with E-state index in [1.807, 2.05) is 30.3 Å². The van der Waals surface area contributed by atoms with Crippen molar-refractivity contribution in [1.29, 1.82) is 0 Å². The fourth-order valence-electron chi connectivity index (χ4n) is 3.16. The van der Waals surface area contributed by atoms with Gasteiger partial charge in [0.2, 0.25) is 0 Å². The number of hydrogen-bond donors (Lipinski definition) is 2. The fraction of sp³-hybridized carbons (Fsp3) is 0.0357. The van der Waals surface area contributed by atoms with Crippen molar-refractivity contribution in [3.8, 4) is 0 Å². The second-order valence-corrected chi connectivity index (χ2v) is 9.56. The molecule has 0 fully saturated rings. The van der Waals surface area contributed by atoms with Crippen molar-refractivity contribution in [1.82, 2.24) is 5.32 Å². The van der Waals surface area contributed by atoms with Crippen LogP contribution in [0, 0.1) is 0 Å². The average Bonchev–Trinajstić information content (AvgIpc) is 3.42. The van der Waals surface area contributed by atoms with Gasteiger partial charge in [-0.3, -0.25) is 14.4 Å². The first-order valence-corrected chi connectivity index (χ1v) is 12.7. The van der Waals surface area contributed by atoms with E-state index in [4.69, 9.17) is 4.42 Å². The minimum absolute atomic E-state index is 0.0340. The number of ketones is 1. The summed E-state index contributed by atoms with van der Waals surface area (Å²) in [5, 5.41) is 5.45. The van der Waals surface area contributed by atoms with E-state index in [1.54, 1.807) is 60.7 Å². The summed E-state index contributed by atoms with van der Waals surface area (Å²) in [6.45, 7) is 0. The van der Waals surface area contributed by atoms with Gasteiger partial charge in [0, 0.05) is 32.3 Å². The predicted molar refractivity (Wildman–Crippen MR) is 145 cm³/mol. The van der Waals surface area contributed by atoms with E-state index in [1.165, 1.54) is 24.1 Å². The van der Waals surface area contributed by atoms with Gasteiger partial charge in [0.25, 0.3) is 11.8 Å². The third-order valence-corrected chi connectivity index (χ3v) is 6.55. The molecule has 4 rings (SSSR count). The molecule has 0 aliphatic rings. The zero-order valence-electron chi connectivity index (χ0n) is 18.9. The Hall–Kier alpha value is -3.88. The summed E-state index contributed by atoms with van der Waals surface area (Å²) in [6, 6.07) is 26.4. The van der Waals surface area contributed by atoms with E-state index < -0.39 is 11.8 Å². The summed E-state index contributed by atoms with van der Waals surface area (Å²) < 4.78 is 6.23. The fourth-order valence-corrected chi connectivity index (χ4v) is 4.22. The molecule has 0 spiro atoms. The lowest BCUT2D eigenvalue weighted by molar-refractivity contribution is -0.113. The van der Waals surface area contributed by atoms with Crippen LogP contribution in [0.4, 0.5) is 5.69 Å². The molecule has 0 bridgehead atoms. The Kier molecular flexibility index (Phi) is 8.54. The molecule has 1 heterocycles. The maximum absolute atomic E-state index is 13.0. The third-order valence-electron chi connectivity index (χ3n) is 5.01. The SMILES string of the molecule is O=C(Nc1ccc(SCC(=O)c2ccc(Br)cc2)cc1)/C(=C/c1ccco1)NC(=O)c1ccccc1. The van der Waals surface area contributed by atoms with Gasteiger partial charge in [0.05, 0.1) is 12.0 Å². The molecule has 3 aromatic carbocycles. The number of amides is 2.